The number of amides is 2. The number of urea groups is 1. The van der Waals surface area contributed by atoms with Gasteiger partial charge in [0, 0.05) is 11.1 Å². The molecule has 0 radical (unpaired) electrons. The molecule has 8 nitrogen and oxygen atoms in total. The Morgan fingerprint density at radius 3 is 2.32 bits per heavy atom. The van der Waals surface area contributed by atoms with Crippen molar-refractivity contribution in [1.29, 1.82) is 4.78 Å². The van der Waals surface area contributed by atoms with E-state index in [-0.39, 0.29) is 15.3 Å². The topological polar surface area (TPSA) is 100 Å². The Kier molecular flexibility index (Phi) is 6.10. The molecule has 2 heterocycles. The van der Waals surface area contributed by atoms with E-state index in [1.54, 1.807) is 4.68 Å². The lowest BCUT2D eigenvalue weighted by Gasteiger charge is -2.45. The molecule has 3 aliphatic rings. The zero-order chi connectivity index (χ0) is 27.0. The summed E-state index contributed by atoms with van der Waals surface area (Å²) in [5.41, 5.74) is 5.86. The van der Waals surface area contributed by atoms with Gasteiger partial charge in [0.1, 0.15) is 4.90 Å². The zero-order valence-electron chi connectivity index (χ0n) is 23.3. The molecule has 2 N–H and O–H groups in total. The second kappa shape index (κ2) is 8.59. The van der Waals surface area contributed by atoms with Crippen LogP contribution in [0, 0.1) is 10.2 Å². The summed E-state index contributed by atoms with van der Waals surface area (Å²) in [6, 6.07) is 1.88. The molecule has 2 aromatic rings. The Morgan fingerprint density at radius 2 is 1.76 bits per heavy atom. The Hall–Kier alpha value is -2.33. The third-order valence-electron chi connectivity index (χ3n) is 8.72. The van der Waals surface area contributed by atoms with Crippen LogP contribution < -0.4 is 10.1 Å². The van der Waals surface area contributed by atoms with Crippen molar-refractivity contribution in [2.45, 2.75) is 103 Å². The average molecular weight is 544 g/mol. The van der Waals surface area contributed by atoms with Crippen molar-refractivity contribution in [3.05, 3.63) is 34.5 Å². The summed E-state index contributed by atoms with van der Waals surface area (Å²) in [5.74, 6) is 0.345. The van der Waals surface area contributed by atoms with Gasteiger partial charge in [-0.05, 0) is 78.9 Å². The van der Waals surface area contributed by atoms with Crippen LogP contribution in [0.25, 0.3) is 0 Å². The van der Waals surface area contributed by atoms with Gasteiger partial charge in [-0.15, -0.1) is 0 Å². The summed E-state index contributed by atoms with van der Waals surface area (Å²) in [6.45, 7) is 15.5. The highest BCUT2D eigenvalue weighted by Crippen LogP contribution is 2.44. The lowest BCUT2D eigenvalue weighted by molar-refractivity contribution is 0.0971. The molecule has 1 atom stereocenters. The van der Waals surface area contributed by atoms with E-state index in [1.807, 2.05) is 13.1 Å². The number of hydrogen-bond donors (Lipinski definition) is 2. The second-order valence-electron chi connectivity index (χ2n) is 13.2. The predicted molar refractivity (Wildman–Crippen MR) is 149 cm³/mol. The smallest absolute Gasteiger partial charge is 0.326 e. The minimum absolute atomic E-state index is 0.121. The van der Waals surface area contributed by atoms with Gasteiger partial charge in [0.15, 0.2) is 18.2 Å². The number of nitrogens with zero attached hydrogens (tertiary/aromatic N) is 3. The van der Waals surface area contributed by atoms with Gasteiger partial charge < -0.3 is 10.1 Å². The number of fused-ring (bicyclic) bond motifs is 3. The zero-order valence-corrected chi connectivity index (χ0v) is 25.1. The minimum Gasteiger partial charge on any atom is -0.476 e. The summed E-state index contributed by atoms with van der Waals surface area (Å²) >= 11 is 0. The first-order valence-electron chi connectivity index (χ1n) is 13.4. The molecule has 2 amide bonds. The van der Waals surface area contributed by atoms with E-state index in [4.69, 9.17) is 4.74 Å². The number of aromatic nitrogens is 2. The van der Waals surface area contributed by atoms with Crippen LogP contribution >= 0.6 is 0 Å². The van der Waals surface area contributed by atoms with Crippen molar-refractivity contribution in [2.24, 2.45) is 5.41 Å². The van der Waals surface area contributed by atoms with Crippen LogP contribution in [0.4, 0.5) is 10.5 Å². The van der Waals surface area contributed by atoms with Crippen LogP contribution in [-0.4, -0.2) is 38.8 Å². The van der Waals surface area contributed by atoms with Gasteiger partial charge in [0.25, 0.3) is 0 Å². The normalized spacial score (nSPS) is 19.9. The number of ether oxygens (including phenoxy) is 1. The molecule has 0 saturated heterocycles. The van der Waals surface area contributed by atoms with Crippen molar-refractivity contribution in [1.82, 2.24) is 13.8 Å². The molecule has 1 unspecified atom stereocenters. The second-order valence-corrected chi connectivity index (χ2v) is 20.5. The largest absolute Gasteiger partial charge is 0.476 e. The van der Waals surface area contributed by atoms with E-state index < -0.39 is 24.2 Å². The molecule has 1 aromatic carbocycles. The minimum atomic E-state index is -3.75. The van der Waals surface area contributed by atoms with E-state index >= 15 is 0 Å². The van der Waals surface area contributed by atoms with Crippen LogP contribution in [0.15, 0.2) is 17.2 Å². The van der Waals surface area contributed by atoms with Gasteiger partial charge in [0.05, 0.1) is 19.3 Å². The number of carbonyl (C=O) groups is 1. The first kappa shape index (κ1) is 26.3. The molecule has 10 heteroatoms. The molecule has 0 spiro atoms. The van der Waals surface area contributed by atoms with Crippen molar-refractivity contribution in [2.75, 3.05) is 11.9 Å². The van der Waals surface area contributed by atoms with Crippen molar-refractivity contribution in [3.8, 4) is 5.88 Å². The number of benzene rings is 1. The highest BCUT2D eigenvalue weighted by atomic mass is 32.2. The van der Waals surface area contributed by atoms with Gasteiger partial charge in [-0.25, -0.2) is 18.5 Å². The van der Waals surface area contributed by atoms with Crippen LogP contribution in [-0.2, 0) is 42.1 Å². The molecule has 5 rings (SSSR count). The van der Waals surface area contributed by atoms with E-state index in [9.17, 15) is 13.8 Å². The number of nitrogens with one attached hydrogen (secondary N) is 2. The maximum Gasteiger partial charge on any atom is 0.326 e. The summed E-state index contributed by atoms with van der Waals surface area (Å²) in [4.78, 5) is 14.5. The fourth-order valence-electron chi connectivity index (χ4n) is 5.74. The van der Waals surface area contributed by atoms with E-state index in [0.717, 1.165) is 44.2 Å². The molecule has 37 heavy (non-hydrogen) atoms. The standard InChI is InChI=1S/C27H41N5O3SSi/c1-26(2,3)37(6,7)32(36(28,34)22-15-29-31-16-27(4,5)17-35-24(22)31)25(33)30-23-20-12-8-10-18(20)14-19-11-9-13-21(19)23/h14-15,28H,8-13,16-17H2,1-7H3,(H,30,33). The third kappa shape index (κ3) is 4.29. The average Bonchev–Trinajstić information content (AvgIpc) is 3.50. The number of carbonyl (C=O) groups excluding carboxylic acids is 1. The lowest BCUT2D eigenvalue weighted by Crippen LogP contribution is -2.60. The molecular weight excluding hydrogens is 502 g/mol. The fraction of sp³-hybridized carbons (Fsp3) is 0.630. The first-order valence-corrected chi connectivity index (χ1v) is 17.8. The molecule has 202 valence electrons. The summed E-state index contributed by atoms with van der Waals surface area (Å²) < 4.78 is 33.0. The Morgan fingerprint density at radius 1 is 1.16 bits per heavy atom. The maximum atomic E-state index is 14.6. The molecule has 0 bridgehead atoms. The first-order chi connectivity index (χ1) is 17.1. The number of rotatable bonds is 4. The Bertz CT molecular complexity index is 1340. The molecule has 1 aliphatic heterocycles. The van der Waals surface area contributed by atoms with Crippen molar-refractivity contribution >= 4 is 29.9 Å². The highest BCUT2D eigenvalue weighted by Gasteiger charge is 2.50. The van der Waals surface area contributed by atoms with Crippen LogP contribution in [0.5, 0.6) is 5.88 Å². The van der Waals surface area contributed by atoms with E-state index in [0.29, 0.717) is 19.0 Å². The van der Waals surface area contributed by atoms with Gasteiger partial charge in [-0.3, -0.25) is 3.97 Å². The summed E-state index contributed by atoms with van der Waals surface area (Å²) in [7, 11) is -6.55. The summed E-state index contributed by atoms with van der Waals surface area (Å²) in [6.07, 6.45) is 7.57. The quantitative estimate of drug-likeness (QED) is 0.452. The van der Waals surface area contributed by atoms with E-state index in [1.165, 1.54) is 32.4 Å². The van der Waals surface area contributed by atoms with Crippen LogP contribution in [0.2, 0.25) is 18.1 Å². The number of hydrogen-bond acceptors (Lipinski definition) is 5. The third-order valence-corrected chi connectivity index (χ3v) is 17.3. The molecule has 1 aromatic heterocycles. The molecule has 0 fully saturated rings. The van der Waals surface area contributed by atoms with Gasteiger partial charge >= 0.3 is 6.03 Å². The molecule has 0 saturated carbocycles. The lowest BCUT2D eigenvalue weighted by atomic mass is 9.94. The predicted octanol–water partition coefficient (Wildman–Crippen LogP) is 6.14. The van der Waals surface area contributed by atoms with Gasteiger partial charge in [-0.2, -0.15) is 5.10 Å². The summed E-state index contributed by atoms with van der Waals surface area (Å²) in [5, 5.41) is 7.34. The molecule has 2 aliphatic carbocycles. The monoisotopic (exact) mass is 543 g/mol. The van der Waals surface area contributed by atoms with Crippen LogP contribution in [0.1, 0.15) is 69.7 Å². The van der Waals surface area contributed by atoms with Gasteiger partial charge in [-0.1, -0.05) is 40.7 Å². The number of anilines is 1. The molecular formula is C27H41N5O3SSi. The van der Waals surface area contributed by atoms with Crippen LogP contribution in [0.3, 0.4) is 0 Å². The van der Waals surface area contributed by atoms with Gasteiger partial charge in [0.2, 0.25) is 5.88 Å². The van der Waals surface area contributed by atoms with Crippen molar-refractivity contribution < 1.29 is 13.7 Å². The maximum absolute atomic E-state index is 14.6. The number of aryl methyl sites for hydroxylation is 2. The Labute approximate surface area is 222 Å². The Balaban J connectivity index is 1.60. The highest BCUT2D eigenvalue weighted by molar-refractivity contribution is 7.92. The SMILES string of the molecule is CC1(C)COc2c(S(=N)(=O)N(C(=O)Nc3c4c(cc5c3CCC5)CCC4)[Si](C)(C)C(C)(C)C)cnn2C1. The van der Waals surface area contributed by atoms with Crippen molar-refractivity contribution in [3.63, 3.8) is 0 Å². The fourth-order valence-corrected chi connectivity index (χ4v) is 11.7. The van der Waals surface area contributed by atoms with E-state index in [2.05, 4.69) is 51.1 Å².